The predicted molar refractivity (Wildman–Crippen MR) is 142 cm³/mol. The lowest BCUT2D eigenvalue weighted by Gasteiger charge is -2.26. The van der Waals surface area contributed by atoms with Gasteiger partial charge in [0, 0.05) is 6.42 Å². The highest BCUT2D eigenvalue weighted by molar-refractivity contribution is 5.99. The molecule has 38 heavy (non-hydrogen) atoms. The Hall–Kier alpha value is -2.29. The molecule has 1 saturated heterocycles. The lowest BCUT2D eigenvalue weighted by atomic mass is 9.77. The molecule has 0 bridgehead atoms. The fourth-order valence-corrected chi connectivity index (χ4v) is 5.05. The van der Waals surface area contributed by atoms with Gasteiger partial charge in [0.25, 0.3) is 0 Å². The number of unbranched alkanes of at least 4 members (excludes halogenated alkanes) is 15. The molecule has 9 heteroatoms. The van der Waals surface area contributed by atoms with Crippen molar-refractivity contribution in [3.05, 3.63) is 0 Å². The number of quaternary nitrogens is 1. The van der Waals surface area contributed by atoms with E-state index >= 15 is 0 Å². The number of amides is 2. The second-order valence-electron chi connectivity index (χ2n) is 10.8. The van der Waals surface area contributed by atoms with Crippen molar-refractivity contribution < 1.29 is 44.1 Å². The summed E-state index contributed by atoms with van der Waals surface area (Å²) >= 11 is 0. The van der Waals surface area contributed by atoms with Crippen LogP contribution in [0.5, 0.6) is 0 Å². The van der Waals surface area contributed by atoms with Crippen molar-refractivity contribution in [3.8, 4) is 0 Å². The molecular weight excluding hydrogens is 490 g/mol. The first-order valence-corrected chi connectivity index (χ1v) is 14.9. The van der Waals surface area contributed by atoms with Gasteiger partial charge in [0.15, 0.2) is 5.41 Å². The molecule has 0 aromatic rings. The van der Waals surface area contributed by atoms with Crippen LogP contribution in [0, 0.1) is 5.41 Å². The number of rotatable bonds is 24. The zero-order valence-corrected chi connectivity index (χ0v) is 23.4. The number of imide groups is 1. The first-order chi connectivity index (χ1) is 18.2. The molecule has 0 aromatic heterocycles. The molecule has 218 valence electrons. The number of nitrogens with one attached hydrogen (secondary N) is 1. The summed E-state index contributed by atoms with van der Waals surface area (Å²) in [4.78, 5) is 65.4. The molecule has 2 amide bonds. The van der Waals surface area contributed by atoms with Gasteiger partial charge < -0.3 is 10.2 Å². The molecule has 0 spiro atoms. The first-order valence-electron chi connectivity index (χ1n) is 14.9. The normalized spacial score (nSPS) is 15.5. The maximum atomic E-state index is 13.2. The molecule has 1 heterocycles. The van der Waals surface area contributed by atoms with Gasteiger partial charge in [0.1, 0.15) is 0 Å². The highest BCUT2D eigenvalue weighted by Crippen LogP contribution is 2.34. The zero-order valence-electron chi connectivity index (χ0n) is 23.4. The molecule has 1 unspecified atom stereocenters. The van der Waals surface area contributed by atoms with Crippen molar-refractivity contribution in [1.82, 2.24) is 0 Å². The summed E-state index contributed by atoms with van der Waals surface area (Å²) in [6.07, 6.45) is 16.7. The van der Waals surface area contributed by atoms with Gasteiger partial charge in [0.2, 0.25) is 0 Å². The lowest BCUT2D eigenvalue weighted by Crippen LogP contribution is -3.14. The number of carbonyl (C=O) groups excluding carboxylic acids is 3. The van der Waals surface area contributed by atoms with Crippen molar-refractivity contribution >= 4 is 29.7 Å². The smallest absolute Gasteiger partial charge is 0.385 e. The van der Waals surface area contributed by atoms with E-state index in [4.69, 9.17) is 9.94 Å². The molecule has 1 fully saturated rings. The quantitative estimate of drug-likeness (QED) is 0.0867. The fourth-order valence-electron chi connectivity index (χ4n) is 5.05. The Morgan fingerprint density at radius 3 is 1.47 bits per heavy atom. The number of hydroxylamine groups is 2. The number of aliphatic carboxylic acids is 2. The topological polar surface area (TPSA) is 139 Å². The fraction of sp³-hybridized carbons (Fsp3) is 0.828. The van der Waals surface area contributed by atoms with Crippen LogP contribution < -0.4 is 5.06 Å². The monoisotopic (exact) mass is 540 g/mol. The van der Waals surface area contributed by atoms with Gasteiger partial charge in [-0.2, -0.15) is 0 Å². The molecule has 9 nitrogen and oxygen atoms in total. The van der Waals surface area contributed by atoms with E-state index in [1.165, 1.54) is 25.7 Å². The number of carbonyl (C=O) groups is 5. The lowest BCUT2D eigenvalue weighted by molar-refractivity contribution is -0.935. The molecule has 0 aliphatic carbocycles. The largest absolute Gasteiger partial charge is 0.481 e. The van der Waals surface area contributed by atoms with Gasteiger partial charge in [0.05, 0.1) is 12.8 Å². The minimum Gasteiger partial charge on any atom is -0.481 e. The Labute approximate surface area is 227 Å². The van der Waals surface area contributed by atoms with Gasteiger partial charge in [-0.1, -0.05) is 110 Å². The van der Waals surface area contributed by atoms with Crippen molar-refractivity contribution in [2.24, 2.45) is 5.41 Å². The first kappa shape index (κ1) is 33.7. The van der Waals surface area contributed by atoms with Crippen LogP contribution in [0.1, 0.15) is 148 Å². The van der Waals surface area contributed by atoms with Crippen LogP contribution in [-0.2, 0) is 28.8 Å². The molecule has 1 aliphatic heterocycles. The van der Waals surface area contributed by atoms with Gasteiger partial charge in [-0.25, -0.2) is 14.4 Å². The highest BCUT2D eigenvalue weighted by atomic mass is 16.7. The van der Waals surface area contributed by atoms with Crippen molar-refractivity contribution in [1.29, 1.82) is 0 Å². The number of carboxylic acids is 2. The highest BCUT2D eigenvalue weighted by Gasteiger charge is 2.51. The summed E-state index contributed by atoms with van der Waals surface area (Å²) in [5.74, 6) is -4.07. The van der Waals surface area contributed by atoms with Crippen LogP contribution in [0.15, 0.2) is 0 Å². The average Bonchev–Trinajstić information content (AvgIpc) is 3.19. The van der Waals surface area contributed by atoms with Crippen molar-refractivity contribution in [2.45, 2.75) is 148 Å². The average molecular weight is 541 g/mol. The van der Waals surface area contributed by atoms with Gasteiger partial charge >= 0.3 is 29.7 Å². The van der Waals surface area contributed by atoms with E-state index in [-0.39, 0.29) is 32.1 Å². The summed E-state index contributed by atoms with van der Waals surface area (Å²) in [5, 5.41) is 18.3. The summed E-state index contributed by atoms with van der Waals surface area (Å²) < 4.78 is 0. The summed E-state index contributed by atoms with van der Waals surface area (Å²) in [5.41, 5.74) is -1.76. The van der Waals surface area contributed by atoms with E-state index in [0.717, 1.165) is 64.2 Å². The molecule has 0 saturated carbocycles. The molecule has 1 atom stereocenters. The Morgan fingerprint density at radius 2 is 1.08 bits per heavy atom. The Bertz CT molecular complexity index is 737. The van der Waals surface area contributed by atoms with Crippen LogP contribution in [0.4, 0.5) is 0 Å². The van der Waals surface area contributed by atoms with E-state index < -0.39 is 40.2 Å². The van der Waals surface area contributed by atoms with Crippen molar-refractivity contribution in [3.63, 3.8) is 0 Å². The van der Waals surface area contributed by atoms with Crippen LogP contribution in [0.25, 0.3) is 0 Å². The number of carboxylic acid groups (broad SMARTS) is 2. The summed E-state index contributed by atoms with van der Waals surface area (Å²) in [6.45, 7) is 2.18. The van der Waals surface area contributed by atoms with E-state index in [0.29, 0.717) is 19.3 Å². The van der Waals surface area contributed by atoms with Crippen LogP contribution in [-0.4, -0.2) is 39.9 Å². The molecule has 0 radical (unpaired) electrons. The number of hydrogen-bond acceptors (Lipinski definition) is 6. The SMILES string of the molecule is CCCCCCCCCCCC(CCCCCCCCCCC(=O)O)(C(=O)O)C(=O)O[NH+]1C(=O)CCC1=O. The van der Waals surface area contributed by atoms with Gasteiger partial charge in [-0.3, -0.25) is 14.4 Å². The third-order valence-electron chi connectivity index (χ3n) is 7.53. The minimum atomic E-state index is -1.76. The van der Waals surface area contributed by atoms with Crippen LogP contribution in [0.2, 0.25) is 0 Å². The van der Waals surface area contributed by atoms with Gasteiger partial charge in [-0.15, -0.1) is 0 Å². The molecule has 3 N–H and O–H groups in total. The minimum absolute atomic E-state index is 0.00389. The third-order valence-corrected chi connectivity index (χ3v) is 7.53. The maximum absolute atomic E-state index is 13.2. The molecule has 0 aromatic carbocycles. The Balaban J connectivity index is 2.58. The standard InChI is InChI=1S/C29H49NO8/c1-2-3-4-5-6-8-11-14-17-22-29(27(35)36,28(37)38-30-24(31)20-21-25(30)32)23-18-15-12-9-7-10-13-16-19-26(33)34/h2-23H2,1H3,(H,33,34)(H,35,36)/p+1. The molecular formula is C29H50NO8+. The van der Waals surface area contributed by atoms with E-state index in [2.05, 4.69) is 6.92 Å². The van der Waals surface area contributed by atoms with Crippen LogP contribution in [0.3, 0.4) is 0 Å². The second kappa shape index (κ2) is 19.7. The molecule has 1 aliphatic rings. The van der Waals surface area contributed by atoms with Gasteiger partial charge in [-0.05, 0) is 24.3 Å². The second-order valence-corrected chi connectivity index (χ2v) is 10.8. The summed E-state index contributed by atoms with van der Waals surface area (Å²) in [6, 6.07) is 0. The number of hydrogen-bond donors (Lipinski definition) is 3. The maximum Gasteiger partial charge on any atom is 0.385 e. The van der Waals surface area contributed by atoms with Crippen molar-refractivity contribution in [2.75, 3.05) is 0 Å². The van der Waals surface area contributed by atoms with E-state index in [9.17, 15) is 29.1 Å². The van der Waals surface area contributed by atoms with E-state index in [1.54, 1.807) is 0 Å². The van der Waals surface area contributed by atoms with Crippen LogP contribution >= 0.6 is 0 Å². The third kappa shape index (κ3) is 13.0. The summed E-state index contributed by atoms with van der Waals surface area (Å²) in [7, 11) is 0. The molecule has 1 rings (SSSR count). The Kier molecular flexibility index (Phi) is 17.5. The Morgan fingerprint density at radius 1 is 0.684 bits per heavy atom. The predicted octanol–water partition coefficient (Wildman–Crippen LogP) is 5.15. The zero-order chi connectivity index (χ0) is 28.2. The van der Waals surface area contributed by atoms with E-state index in [1.807, 2.05) is 0 Å².